The Morgan fingerprint density at radius 1 is 1.13 bits per heavy atom. The lowest BCUT2D eigenvalue weighted by molar-refractivity contribution is -0.0705. The number of nitrogens with one attached hydrogen (secondary N) is 2. The third-order valence-electron chi connectivity index (χ3n) is 7.47. The largest absolute Gasteiger partial charge is 0.481 e. The summed E-state index contributed by atoms with van der Waals surface area (Å²) >= 11 is 1.42. The number of aromatic amines is 1. The number of carbonyl (C=O) groups excluding carboxylic acids is 1. The van der Waals surface area contributed by atoms with Gasteiger partial charge >= 0.3 is 0 Å². The number of benzene rings is 2. The molecule has 46 heavy (non-hydrogen) atoms. The number of aromatic nitrogens is 4. The average Bonchev–Trinajstić information content (AvgIpc) is 3.66. The first-order valence-electron chi connectivity index (χ1n) is 14.3. The average molecular weight is 669 g/mol. The van der Waals surface area contributed by atoms with Crippen molar-refractivity contribution in [3.05, 3.63) is 82.1 Å². The number of pyridine rings is 1. The van der Waals surface area contributed by atoms with Gasteiger partial charge in [-0.2, -0.15) is 5.10 Å². The number of carbonyl (C=O) groups is 1. The van der Waals surface area contributed by atoms with Gasteiger partial charge in [-0.3, -0.25) is 14.8 Å². The standard InChI is InChI=1S/C31H30F2N6O5S2/c1-17-12-39(13-18(2)44-17)14-29-36-27(15-45-29)30(40)37-25-7-19(8-26-23(25)11-35-38-26)20-6-21(31(43-3)34-10-20)16-46(41,42)28-5-4-22(32)9-24(28)33/h4-11,15,17-18H,12-14,16H2,1-3H3,(H,35,38)(H,37,40)/t17-,18+. The van der Waals surface area contributed by atoms with Crippen LogP contribution in [0.1, 0.15) is 34.9 Å². The summed E-state index contributed by atoms with van der Waals surface area (Å²) in [6.45, 7) is 6.26. The van der Waals surface area contributed by atoms with Crippen LogP contribution in [0, 0.1) is 11.6 Å². The van der Waals surface area contributed by atoms with Crippen molar-refractivity contribution in [3.63, 3.8) is 0 Å². The summed E-state index contributed by atoms with van der Waals surface area (Å²) < 4.78 is 65.1. The molecule has 0 spiro atoms. The second-order valence-electron chi connectivity index (χ2n) is 11.1. The molecule has 2 N–H and O–H groups in total. The number of thiazole rings is 1. The van der Waals surface area contributed by atoms with Crippen LogP contribution in [0.15, 0.2) is 59.1 Å². The number of amides is 1. The summed E-state index contributed by atoms with van der Waals surface area (Å²) in [4.78, 5) is 23.8. The zero-order valence-corrected chi connectivity index (χ0v) is 26.7. The van der Waals surface area contributed by atoms with Crippen molar-refractivity contribution in [3.8, 4) is 17.0 Å². The van der Waals surface area contributed by atoms with Crippen molar-refractivity contribution < 1.29 is 31.5 Å². The highest BCUT2D eigenvalue weighted by Crippen LogP contribution is 2.33. The Bertz CT molecular complexity index is 2020. The summed E-state index contributed by atoms with van der Waals surface area (Å²) in [6, 6.07) is 7.36. The van der Waals surface area contributed by atoms with Crippen molar-refractivity contribution in [2.45, 2.75) is 43.2 Å². The van der Waals surface area contributed by atoms with Gasteiger partial charge in [-0.1, -0.05) is 0 Å². The lowest BCUT2D eigenvalue weighted by Gasteiger charge is -2.34. The Labute approximate surface area is 267 Å². The molecule has 1 amide bonds. The molecule has 0 bridgehead atoms. The maximum absolute atomic E-state index is 14.4. The number of fused-ring (bicyclic) bond motifs is 1. The zero-order valence-electron chi connectivity index (χ0n) is 25.1. The van der Waals surface area contributed by atoms with Gasteiger partial charge in [0.1, 0.15) is 27.2 Å². The SMILES string of the molecule is COc1ncc(-c2cc(NC(=O)c3csc(CN4C[C@@H](C)O[C@@H](C)C4)n3)c3cn[nH]c3c2)cc1CS(=O)(=O)c1ccc(F)cc1F. The van der Waals surface area contributed by atoms with Crippen molar-refractivity contribution in [2.24, 2.45) is 0 Å². The van der Waals surface area contributed by atoms with Gasteiger partial charge in [0.2, 0.25) is 5.88 Å². The number of anilines is 1. The molecule has 1 aliphatic heterocycles. The molecule has 11 nitrogen and oxygen atoms in total. The quantitative estimate of drug-likeness (QED) is 0.203. The smallest absolute Gasteiger partial charge is 0.275 e. The van der Waals surface area contributed by atoms with Crippen LogP contribution in [0.4, 0.5) is 14.5 Å². The molecule has 0 radical (unpaired) electrons. The van der Waals surface area contributed by atoms with Gasteiger partial charge in [-0.15, -0.1) is 11.3 Å². The summed E-state index contributed by atoms with van der Waals surface area (Å²) in [5.41, 5.74) is 2.60. The van der Waals surface area contributed by atoms with Crippen molar-refractivity contribution in [2.75, 3.05) is 25.5 Å². The molecule has 4 heterocycles. The lowest BCUT2D eigenvalue weighted by atomic mass is 10.0. The van der Waals surface area contributed by atoms with Gasteiger partial charge in [0.15, 0.2) is 9.84 Å². The van der Waals surface area contributed by atoms with E-state index in [1.807, 2.05) is 13.8 Å². The van der Waals surface area contributed by atoms with E-state index in [1.54, 1.807) is 29.8 Å². The summed E-state index contributed by atoms with van der Waals surface area (Å²) in [5.74, 6) is -3.09. The van der Waals surface area contributed by atoms with Crippen molar-refractivity contribution in [1.29, 1.82) is 0 Å². The van der Waals surface area contributed by atoms with Gasteiger partial charge in [0.05, 0.1) is 49.0 Å². The molecule has 2 atom stereocenters. The lowest BCUT2D eigenvalue weighted by Crippen LogP contribution is -2.44. The van der Waals surface area contributed by atoms with E-state index in [4.69, 9.17) is 9.47 Å². The minimum absolute atomic E-state index is 0.0336. The number of morpholine rings is 1. The molecule has 15 heteroatoms. The number of rotatable bonds is 9. The molecular formula is C31H30F2N6O5S2. The fraction of sp³-hybridized carbons (Fsp3) is 0.290. The fourth-order valence-electron chi connectivity index (χ4n) is 5.55. The van der Waals surface area contributed by atoms with E-state index >= 15 is 0 Å². The van der Waals surface area contributed by atoms with E-state index in [1.165, 1.54) is 24.6 Å². The summed E-state index contributed by atoms with van der Waals surface area (Å²) in [7, 11) is -2.90. The Kier molecular flexibility index (Phi) is 8.83. The summed E-state index contributed by atoms with van der Waals surface area (Å²) in [5, 5.41) is 13.1. The van der Waals surface area contributed by atoms with Crippen LogP contribution in [-0.2, 0) is 26.9 Å². The number of halogens is 2. The van der Waals surface area contributed by atoms with Crippen LogP contribution < -0.4 is 10.1 Å². The highest BCUT2D eigenvalue weighted by molar-refractivity contribution is 7.90. The molecular weight excluding hydrogens is 639 g/mol. The number of H-pyrrole nitrogens is 1. The number of hydrogen-bond acceptors (Lipinski definition) is 10. The minimum atomic E-state index is -4.24. The Morgan fingerprint density at radius 3 is 2.65 bits per heavy atom. The molecule has 1 fully saturated rings. The van der Waals surface area contributed by atoms with Crippen LogP contribution in [0.5, 0.6) is 5.88 Å². The predicted octanol–water partition coefficient (Wildman–Crippen LogP) is 5.20. The van der Waals surface area contributed by atoms with Crippen molar-refractivity contribution in [1.82, 2.24) is 25.1 Å². The van der Waals surface area contributed by atoms with E-state index in [0.717, 1.165) is 30.2 Å². The highest BCUT2D eigenvalue weighted by Gasteiger charge is 2.25. The molecule has 240 valence electrons. The maximum Gasteiger partial charge on any atom is 0.275 e. The monoisotopic (exact) mass is 668 g/mol. The van der Waals surface area contributed by atoms with E-state index in [2.05, 4.69) is 30.4 Å². The molecule has 1 saturated heterocycles. The van der Waals surface area contributed by atoms with Gasteiger partial charge in [-0.05, 0) is 49.7 Å². The van der Waals surface area contributed by atoms with Crippen LogP contribution in [-0.4, -0.2) is 71.8 Å². The third-order valence-corrected chi connectivity index (χ3v) is 10.00. The molecule has 5 aromatic rings. The van der Waals surface area contributed by atoms with E-state index in [-0.39, 0.29) is 29.3 Å². The number of sulfone groups is 1. The highest BCUT2D eigenvalue weighted by atomic mass is 32.2. The maximum atomic E-state index is 14.4. The molecule has 0 saturated carbocycles. The van der Waals surface area contributed by atoms with Gasteiger partial charge in [0, 0.05) is 47.2 Å². The molecule has 2 aromatic carbocycles. The van der Waals surface area contributed by atoms with E-state index < -0.39 is 38.0 Å². The number of ether oxygens (including phenoxy) is 2. The van der Waals surface area contributed by atoms with E-state index in [9.17, 15) is 22.0 Å². The van der Waals surface area contributed by atoms with Gasteiger partial charge in [-0.25, -0.2) is 27.2 Å². The zero-order chi connectivity index (χ0) is 32.6. The minimum Gasteiger partial charge on any atom is -0.481 e. The fourth-order valence-corrected chi connectivity index (χ4v) is 7.77. The second-order valence-corrected chi connectivity index (χ2v) is 14.0. The molecule has 0 aliphatic carbocycles. The number of hydrogen-bond donors (Lipinski definition) is 2. The Balaban J connectivity index is 1.26. The normalized spacial score (nSPS) is 17.3. The predicted molar refractivity (Wildman–Crippen MR) is 168 cm³/mol. The number of nitrogens with zero attached hydrogens (tertiary/aromatic N) is 4. The second kappa shape index (κ2) is 12.8. The first-order chi connectivity index (χ1) is 22.0. The van der Waals surface area contributed by atoms with E-state index in [0.29, 0.717) is 40.3 Å². The molecule has 3 aromatic heterocycles. The first-order valence-corrected chi connectivity index (χ1v) is 16.8. The van der Waals surface area contributed by atoms with Gasteiger partial charge < -0.3 is 14.8 Å². The summed E-state index contributed by atoms with van der Waals surface area (Å²) in [6.07, 6.45) is 3.32. The van der Waals surface area contributed by atoms with Gasteiger partial charge in [0.25, 0.3) is 5.91 Å². The van der Waals surface area contributed by atoms with Crippen LogP contribution >= 0.6 is 11.3 Å². The Hall–Kier alpha value is -4.31. The molecule has 6 rings (SSSR count). The first kappa shape index (κ1) is 31.7. The van der Waals surface area contributed by atoms with Crippen LogP contribution in [0.3, 0.4) is 0 Å². The van der Waals surface area contributed by atoms with Crippen LogP contribution in [0.2, 0.25) is 0 Å². The number of methoxy groups -OCH3 is 1. The van der Waals surface area contributed by atoms with Crippen LogP contribution in [0.25, 0.3) is 22.0 Å². The van der Waals surface area contributed by atoms with Crippen molar-refractivity contribution >= 4 is 43.7 Å². The topological polar surface area (TPSA) is 139 Å². The molecule has 0 unspecified atom stereocenters. The third kappa shape index (κ3) is 6.77. The Morgan fingerprint density at radius 2 is 1.91 bits per heavy atom. The molecule has 1 aliphatic rings.